The Bertz CT molecular complexity index is 365. The summed E-state index contributed by atoms with van der Waals surface area (Å²) in [6.45, 7) is 3.56. The fourth-order valence-corrected chi connectivity index (χ4v) is 1.47. The number of hydrogen-bond acceptors (Lipinski definition) is 3. The maximum Gasteiger partial charge on any atom is 0.214 e. The lowest BCUT2D eigenvalue weighted by Gasteiger charge is -2.23. The molecule has 1 aliphatic rings. The van der Waals surface area contributed by atoms with Crippen LogP contribution in [0, 0.1) is 19.3 Å². The molecule has 1 aliphatic heterocycles. The molecule has 4 heteroatoms. The molecular formula is C10H12N2O2. The number of ether oxygens (including phenoxy) is 2. The minimum atomic E-state index is 0.0119. The van der Waals surface area contributed by atoms with Crippen LogP contribution in [-0.4, -0.2) is 29.1 Å². The molecule has 0 saturated carbocycles. The summed E-state index contributed by atoms with van der Waals surface area (Å²) in [6.07, 6.45) is 6.91. The van der Waals surface area contributed by atoms with E-state index in [0.717, 1.165) is 11.4 Å². The maximum absolute atomic E-state index is 5.51. The summed E-state index contributed by atoms with van der Waals surface area (Å²) in [5.41, 5.74) is 1.06. The molecule has 0 N–H and O–H groups in total. The van der Waals surface area contributed by atoms with Crippen molar-refractivity contribution in [3.8, 4) is 18.2 Å². The van der Waals surface area contributed by atoms with Gasteiger partial charge in [0.25, 0.3) is 0 Å². The molecule has 1 aromatic heterocycles. The summed E-state index contributed by atoms with van der Waals surface area (Å²) in [7, 11) is 0. The lowest BCUT2D eigenvalue weighted by Crippen LogP contribution is -2.33. The van der Waals surface area contributed by atoms with E-state index in [0.29, 0.717) is 19.8 Å². The number of aryl methyl sites for hydroxylation is 1. The minimum Gasteiger partial charge on any atom is -0.475 e. The van der Waals surface area contributed by atoms with Crippen LogP contribution in [0.2, 0.25) is 0 Å². The van der Waals surface area contributed by atoms with Crippen molar-refractivity contribution in [3.63, 3.8) is 0 Å². The van der Waals surface area contributed by atoms with Gasteiger partial charge in [0.2, 0.25) is 5.88 Å². The van der Waals surface area contributed by atoms with E-state index >= 15 is 0 Å². The van der Waals surface area contributed by atoms with Crippen molar-refractivity contribution in [1.29, 1.82) is 0 Å². The quantitative estimate of drug-likeness (QED) is 0.644. The zero-order valence-electron chi connectivity index (χ0n) is 8.06. The Labute approximate surface area is 82.8 Å². The molecule has 0 radical (unpaired) electrons. The molecule has 0 aliphatic carbocycles. The van der Waals surface area contributed by atoms with Crippen molar-refractivity contribution >= 4 is 0 Å². The third-order valence-corrected chi connectivity index (χ3v) is 2.15. The largest absolute Gasteiger partial charge is 0.475 e. The van der Waals surface area contributed by atoms with Crippen molar-refractivity contribution in [1.82, 2.24) is 9.78 Å². The molecule has 4 nitrogen and oxygen atoms in total. The van der Waals surface area contributed by atoms with Gasteiger partial charge >= 0.3 is 0 Å². The van der Waals surface area contributed by atoms with E-state index in [9.17, 15) is 0 Å². The highest BCUT2D eigenvalue weighted by molar-refractivity contribution is 5.23. The molecule has 74 valence electrons. The zero-order chi connectivity index (χ0) is 9.97. The number of aromatic nitrogens is 2. The SMILES string of the molecule is C#CCO[C@H]1COc2c(C)cnn2C1. The van der Waals surface area contributed by atoms with Gasteiger partial charge in [0.05, 0.1) is 12.7 Å². The van der Waals surface area contributed by atoms with Gasteiger partial charge in [-0.3, -0.25) is 0 Å². The second-order valence-electron chi connectivity index (χ2n) is 3.26. The van der Waals surface area contributed by atoms with Crippen LogP contribution in [0.15, 0.2) is 6.20 Å². The van der Waals surface area contributed by atoms with E-state index in [1.807, 2.05) is 6.92 Å². The lowest BCUT2D eigenvalue weighted by atomic mass is 10.3. The van der Waals surface area contributed by atoms with Gasteiger partial charge in [0.1, 0.15) is 19.3 Å². The molecular weight excluding hydrogens is 180 g/mol. The van der Waals surface area contributed by atoms with Gasteiger partial charge in [0.15, 0.2) is 0 Å². The van der Waals surface area contributed by atoms with Crippen LogP contribution in [0.25, 0.3) is 0 Å². The lowest BCUT2D eigenvalue weighted by molar-refractivity contribution is 0.00260. The Morgan fingerprint density at radius 3 is 3.50 bits per heavy atom. The van der Waals surface area contributed by atoms with Crippen molar-refractivity contribution < 1.29 is 9.47 Å². The Morgan fingerprint density at radius 2 is 2.71 bits per heavy atom. The van der Waals surface area contributed by atoms with E-state index in [1.165, 1.54) is 0 Å². The molecule has 1 atom stereocenters. The van der Waals surface area contributed by atoms with Gasteiger partial charge in [-0.15, -0.1) is 6.42 Å². The maximum atomic E-state index is 5.51. The second kappa shape index (κ2) is 3.72. The number of rotatable bonds is 2. The third-order valence-electron chi connectivity index (χ3n) is 2.15. The zero-order valence-corrected chi connectivity index (χ0v) is 8.06. The van der Waals surface area contributed by atoms with Crippen LogP contribution in [0.3, 0.4) is 0 Å². The Kier molecular flexibility index (Phi) is 2.42. The van der Waals surface area contributed by atoms with Gasteiger partial charge < -0.3 is 9.47 Å². The summed E-state index contributed by atoms with van der Waals surface area (Å²) < 4.78 is 12.7. The summed E-state index contributed by atoms with van der Waals surface area (Å²) in [5, 5.41) is 4.17. The van der Waals surface area contributed by atoms with Gasteiger partial charge in [-0.05, 0) is 6.92 Å². The van der Waals surface area contributed by atoms with Crippen LogP contribution >= 0.6 is 0 Å². The van der Waals surface area contributed by atoms with Crippen LogP contribution in [0.5, 0.6) is 5.88 Å². The molecule has 0 bridgehead atoms. The molecule has 2 rings (SSSR count). The molecule has 2 heterocycles. The highest BCUT2D eigenvalue weighted by atomic mass is 16.5. The summed E-state index contributed by atoms with van der Waals surface area (Å²) in [6, 6.07) is 0. The van der Waals surface area contributed by atoms with Crippen molar-refractivity contribution in [2.45, 2.75) is 19.6 Å². The Hall–Kier alpha value is -1.47. The summed E-state index contributed by atoms with van der Waals surface area (Å²) in [4.78, 5) is 0. The average molecular weight is 192 g/mol. The first-order valence-corrected chi connectivity index (χ1v) is 4.51. The van der Waals surface area contributed by atoms with Crippen molar-refractivity contribution in [2.24, 2.45) is 0 Å². The monoisotopic (exact) mass is 192 g/mol. The second-order valence-corrected chi connectivity index (χ2v) is 3.26. The van der Waals surface area contributed by atoms with Gasteiger partial charge in [-0.25, -0.2) is 4.68 Å². The smallest absolute Gasteiger partial charge is 0.214 e. The predicted molar refractivity (Wildman–Crippen MR) is 51.0 cm³/mol. The molecule has 0 unspecified atom stereocenters. The van der Waals surface area contributed by atoms with Crippen LogP contribution < -0.4 is 4.74 Å². The average Bonchev–Trinajstić information content (AvgIpc) is 2.57. The Balaban J connectivity index is 2.04. The Morgan fingerprint density at radius 1 is 1.86 bits per heavy atom. The molecule has 14 heavy (non-hydrogen) atoms. The number of fused-ring (bicyclic) bond motifs is 1. The van der Waals surface area contributed by atoms with E-state index in [-0.39, 0.29) is 6.10 Å². The first-order valence-electron chi connectivity index (χ1n) is 4.51. The van der Waals surface area contributed by atoms with Crippen LogP contribution in [0.1, 0.15) is 5.56 Å². The number of terminal acetylenes is 1. The van der Waals surface area contributed by atoms with Gasteiger partial charge in [-0.2, -0.15) is 5.10 Å². The van der Waals surface area contributed by atoms with Crippen LogP contribution in [0.4, 0.5) is 0 Å². The number of hydrogen-bond donors (Lipinski definition) is 0. The number of nitrogens with zero attached hydrogens (tertiary/aromatic N) is 2. The standard InChI is InChI=1S/C10H12N2O2/c1-3-4-13-9-6-12-10(14-7-9)8(2)5-11-12/h1,5,9H,4,6-7H2,2H3/t9-/m1/s1. The molecule has 0 aromatic carbocycles. The molecule has 0 saturated heterocycles. The van der Waals surface area contributed by atoms with E-state index < -0.39 is 0 Å². The summed E-state index contributed by atoms with van der Waals surface area (Å²) >= 11 is 0. The molecule has 0 amide bonds. The molecule has 0 spiro atoms. The minimum absolute atomic E-state index is 0.0119. The predicted octanol–water partition coefficient (Wildman–Crippen LogP) is 0.602. The first kappa shape index (κ1) is 9.10. The normalized spacial score (nSPS) is 19.6. The third kappa shape index (κ3) is 1.59. The van der Waals surface area contributed by atoms with Crippen LogP contribution in [-0.2, 0) is 11.3 Å². The van der Waals surface area contributed by atoms with E-state index in [2.05, 4.69) is 11.0 Å². The summed E-state index contributed by atoms with van der Waals surface area (Å²) in [5.74, 6) is 3.28. The molecule has 0 fully saturated rings. The fourth-order valence-electron chi connectivity index (χ4n) is 1.47. The topological polar surface area (TPSA) is 36.3 Å². The van der Waals surface area contributed by atoms with Gasteiger partial charge in [-0.1, -0.05) is 5.92 Å². The van der Waals surface area contributed by atoms with Crippen molar-refractivity contribution in [2.75, 3.05) is 13.2 Å². The highest BCUT2D eigenvalue weighted by Gasteiger charge is 2.21. The van der Waals surface area contributed by atoms with E-state index in [4.69, 9.17) is 15.9 Å². The first-order chi connectivity index (χ1) is 6.81. The van der Waals surface area contributed by atoms with E-state index in [1.54, 1.807) is 10.9 Å². The highest BCUT2D eigenvalue weighted by Crippen LogP contribution is 2.21. The molecule has 1 aromatic rings. The van der Waals surface area contributed by atoms with Crippen molar-refractivity contribution in [3.05, 3.63) is 11.8 Å². The fraction of sp³-hybridized carbons (Fsp3) is 0.500. The van der Waals surface area contributed by atoms with Gasteiger partial charge in [0, 0.05) is 5.56 Å².